The Labute approximate surface area is 96.0 Å². The van der Waals surface area contributed by atoms with Crippen LogP contribution in [0.15, 0.2) is 0 Å². The number of nitrogens with zero attached hydrogens (tertiary/aromatic N) is 1. The first-order valence-corrected chi connectivity index (χ1v) is 5.81. The zero-order valence-corrected chi connectivity index (χ0v) is 9.97. The Kier molecular flexibility index (Phi) is 3.79. The molecular formula is C11H20N4O. The van der Waals surface area contributed by atoms with Gasteiger partial charge in [0.25, 0.3) is 0 Å². The number of aromatic nitrogens is 2. The summed E-state index contributed by atoms with van der Waals surface area (Å²) in [4.78, 5) is 0. The van der Waals surface area contributed by atoms with Gasteiger partial charge >= 0.3 is 0 Å². The van der Waals surface area contributed by atoms with Gasteiger partial charge in [-0.1, -0.05) is 0 Å². The second kappa shape index (κ2) is 5.32. The highest BCUT2D eigenvalue weighted by atomic mass is 16.5. The van der Waals surface area contributed by atoms with Crippen LogP contribution >= 0.6 is 0 Å². The summed E-state index contributed by atoms with van der Waals surface area (Å²) in [6.07, 6.45) is 2.30. The summed E-state index contributed by atoms with van der Waals surface area (Å²) in [6, 6.07) is 0.527. The molecule has 0 aromatic carbocycles. The quantitative estimate of drug-likeness (QED) is 0.715. The third-order valence-corrected chi connectivity index (χ3v) is 3.04. The van der Waals surface area contributed by atoms with Crippen LogP contribution in [0.4, 0.5) is 5.82 Å². The zero-order valence-electron chi connectivity index (χ0n) is 9.97. The van der Waals surface area contributed by atoms with Gasteiger partial charge in [0, 0.05) is 24.4 Å². The van der Waals surface area contributed by atoms with Crippen LogP contribution in [-0.4, -0.2) is 36.4 Å². The van der Waals surface area contributed by atoms with Gasteiger partial charge in [-0.3, -0.25) is 5.10 Å². The highest BCUT2D eigenvalue weighted by Gasteiger charge is 2.16. The van der Waals surface area contributed by atoms with Crippen molar-refractivity contribution in [3.63, 3.8) is 0 Å². The Hall–Kier alpha value is -1.07. The molecule has 0 spiro atoms. The van der Waals surface area contributed by atoms with Gasteiger partial charge in [-0.2, -0.15) is 5.10 Å². The van der Waals surface area contributed by atoms with Crippen molar-refractivity contribution in [2.24, 2.45) is 0 Å². The molecule has 1 aromatic rings. The monoisotopic (exact) mass is 224 g/mol. The summed E-state index contributed by atoms with van der Waals surface area (Å²) in [6.45, 7) is 4.80. The van der Waals surface area contributed by atoms with Crippen molar-refractivity contribution in [3.8, 4) is 0 Å². The van der Waals surface area contributed by atoms with E-state index in [2.05, 4.69) is 20.8 Å². The SMILES string of the molecule is COCc1c(NC2CCNCC2)n[nH]c1C. The smallest absolute Gasteiger partial charge is 0.153 e. The minimum atomic E-state index is 0.527. The van der Waals surface area contributed by atoms with Crippen LogP contribution in [0.3, 0.4) is 0 Å². The molecule has 0 aliphatic carbocycles. The van der Waals surface area contributed by atoms with Crippen molar-refractivity contribution in [2.75, 3.05) is 25.5 Å². The molecule has 0 atom stereocenters. The second-order valence-electron chi connectivity index (χ2n) is 4.28. The van der Waals surface area contributed by atoms with Gasteiger partial charge in [0.05, 0.1) is 6.61 Å². The number of aromatic amines is 1. The van der Waals surface area contributed by atoms with Gasteiger partial charge < -0.3 is 15.4 Å². The molecule has 0 saturated carbocycles. The Morgan fingerprint density at radius 2 is 2.19 bits per heavy atom. The average molecular weight is 224 g/mol. The molecule has 2 rings (SSSR count). The molecule has 1 aromatic heterocycles. The van der Waals surface area contributed by atoms with Crippen LogP contribution in [0, 0.1) is 6.92 Å². The van der Waals surface area contributed by atoms with Crippen LogP contribution < -0.4 is 10.6 Å². The van der Waals surface area contributed by atoms with E-state index in [4.69, 9.17) is 4.74 Å². The lowest BCUT2D eigenvalue weighted by molar-refractivity contribution is 0.185. The van der Waals surface area contributed by atoms with E-state index in [1.54, 1.807) is 7.11 Å². The number of rotatable bonds is 4. The van der Waals surface area contributed by atoms with E-state index in [1.807, 2.05) is 6.92 Å². The van der Waals surface area contributed by atoms with E-state index in [-0.39, 0.29) is 0 Å². The van der Waals surface area contributed by atoms with E-state index in [9.17, 15) is 0 Å². The second-order valence-corrected chi connectivity index (χ2v) is 4.28. The number of H-pyrrole nitrogens is 1. The first-order valence-electron chi connectivity index (χ1n) is 5.81. The number of piperidine rings is 1. The van der Waals surface area contributed by atoms with Crippen molar-refractivity contribution >= 4 is 5.82 Å². The van der Waals surface area contributed by atoms with Gasteiger partial charge in [0.1, 0.15) is 0 Å². The van der Waals surface area contributed by atoms with E-state index in [0.29, 0.717) is 12.6 Å². The summed E-state index contributed by atoms with van der Waals surface area (Å²) in [5.74, 6) is 0.950. The van der Waals surface area contributed by atoms with E-state index in [0.717, 1.165) is 43.0 Å². The Balaban J connectivity index is 2.02. The van der Waals surface area contributed by atoms with E-state index >= 15 is 0 Å². The summed E-state index contributed by atoms with van der Waals surface area (Å²) in [5.41, 5.74) is 2.22. The molecule has 90 valence electrons. The number of ether oxygens (including phenoxy) is 1. The summed E-state index contributed by atoms with van der Waals surface area (Å²) in [5, 5.41) is 14.1. The molecule has 1 aliphatic heterocycles. The molecule has 0 amide bonds. The largest absolute Gasteiger partial charge is 0.380 e. The summed E-state index contributed by atoms with van der Waals surface area (Å²) >= 11 is 0. The molecular weight excluding hydrogens is 204 g/mol. The molecule has 5 heteroatoms. The highest BCUT2D eigenvalue weighted by Crippen LogP contribution is 2.19. The Bertz CT molecular complexity index is 331. The lowest BCUT2D eigenvalue weighted by Crippen LogP contribution is -2.35. The molecule has 5 nitrogen and oxygen atoms in total. The van der Waals surface area contributed by atoms with Gasteiger partial charge in [0.2, 0.25) is 0 Å². The lowest BCUT2D eigenvalue weighted by atomic mass is 10.1. The maximum absolute atomic E-state index is 5.18. The average Bonchev–Trinajstić information content (AvgIpc) is 2.64. The van der Waals surface area contributed by atoms with Crippen molar-refractivity contribution in [1.29, 1.82) is 0 Å². The number of aryl methyl sites for hydroxylation is 1. The molecule has 3 N–H and O–H groups in total. The molecule has 16 heavy (non-hydrogen) atoms. The molecule has 1 aliphatic rings. The first-order chi connectivity index (χ1) is 7.81. The fourth-order valence-corrected chi connectivity index (χ4v) is 2.05. The summed E-state index contributed by atoms with van der Waals surface area (Å²) in [7, 11) is 1.71. The topological polar surface area (TPSA) is 62.0 Å². The van der Waals surface area contributed by atoms with Crippen LogP contribution in [0.5, 0.6) is 0 Å². The number of hydrogen-bond donors (Lipinski definition) is 3. The maximum Gasteiger partial charge on any atom is 0.153 e. The maximum atomic E-state index is 5.18. The zero-order chi connectivity index (χ0) is 11.4. The predicted molar refractivity (Wildman–Crippen MR) is 63.6 cm³/mol. The number of nitrogens with one attached hydrogen (secondary N) is 3. The van der Waals surface area contributed by atoms with Gasteiger partial charge in [0.15, 0.2) is 5.82 Å². The minimum absolute atomic E-state index is 0.527. The molecule has 1 fully saturated rings. The number of methoxy groups -OCH3 is 1. The van der Waals surface area contributed by atoms with E-state index in [1.165, 1.54) is 0 Å². The molecule has 0 unspecified atom stereocenters. The molecule has 0 radical (unpaired) electrons. The fraction of sp³-hybridized carbons (Fsp3) is 0.727. The third kappa shape index (κ3) is 2.54. The van der Waals surface area contributed by atoms with Crippen molar-refractivity contribution < 1.29 is 4.74 Å². The minimum Gasteiger partial charge on any atom is -0.380 e. The fourth-order valence-electron chi connectivity index (χ4n) is 2.05. The lowest BCUT2D eigenvalue weighted by Gasteiger charge is -2.24. The van der Waals surface area contributed by atoms with Gasteiger partial charge in [-0.15, -0.1) is 0 Å². The molecule has 2 heterocycles. The van der Waals surface area contributed by atoms with Crippen LogP contribution in [-0.2, 0) is 11.3 Å². The highest BCUT2D eigenvalue weighted by molar-refractivity contribution is 5.46. The third-order valence-electron chi connectivity index (χ3n) is 3.04. The normalized spacial score (nSPS) is 17.6. The van der Waals surface area contributed by atoms with Crippen LogP contribution in [0.2, 0.25) is 0 Å². The van der Waals surface area contributed by atoms with Crippen LogP contribution in [0.1, 0.15) is 24.1 Å². The van der Waals surface area contributed by atoms with E-state index < -0.39 is 0 Å². The van der Waals surface area contributed by atoms with Crippen molar-refractivity contribution in [3.05, 3.63) is 11.3 Å². The predicted octanol–water partition coefficient (Wildman–Crippen LogP) is 1.03. The Morgan fingerprint density at radius 1 is 1.44 bits per heavy atom. The Morgan fingerprint density at radius 3 is 2.88 bits per heavy atom. The molecule has 1 saturated heterocycles. The summed E-state index contributed by atoms with van der Waals surface area (Å²) < 4.78 is 5.18. The first kappa shape index (κ1) is 11.4. The van der Waals surface area contributed by atoms with Gasteiger partial charge in [-0.25, -0.2) is 0 Å². The number of hydrogen-bond acceptors (Lipinski definition) is 4. The van der Waals surface area contributed by atoms with Crippen molar-refractivity contribution in [1.82, 2.24) is 15.5 Å². The van der Waals surface area contributed by atoms with Crippen molar-refractivity contribution in [2.45, 2.75) is 32.4 Å². The molecule has 0 bridgehead atoms. The standard InChI is InChI=1S/C11H20N4O/c1-8-10(7-16-2)11(15-14-8)13-9-3-5-12-6-4-9/h9,12H,3-7H2,1-2H3,(H2,13,14,15). The van der Waals surface area contributed by atoms with Gasteiger partial charge in [-0.05, 0) is 32.9 Å². The van der Waals surface area contributed by atoms with Crippen LogP contribution in [0.25, 0.3) is 0 Å². The number of anilines is 1.